The highest BCUT2D eigenvalue weighted by molar-refractivity contribution is 7.99. The van der Waals surface area contributed by atoms with Crippen LogP contribution in [-0.4, -0.2) is 32.3 Å². The van der Waals surface area contributed by atoms with Crippen LogP contribution in [0.5, 0.6) is 0 Å². The van der Waals surface area contributed by atoms with Gasteiger partial charge in [-0.25, -0.2) is 0 Å². The molecular weight excluding hydrogens is 454 g/mol. The number of benzene rings is 2. The monoisotopic (exact) mass is 475 g/mol. The summed E-state index contributed by atoms with van der Waals surface area (Å²) in [6.45, 7) is 4.35. The standard InChI is InChI=1S/C24H21N5O2S2/c1-2-14-29-22(17-7-4-3-5-8-17)27-28-24(29)33-16-21(30)25-18-10-12-19(13-11-18)26-23(31)20-9-6-15-32-20/h2-13,15H,1,14,16H2,(H,25,30)(H,26,31). The summed E-state index contributed by atoms with van der Waals surface area (Å²) in [6.07, 6.45) is 1.78. The molecule has 0 spiro atoms. The molecule has 2 amide bonds. The van der Waals surface area contributed by atoms with Crippen molar-refractivity contribution in [3.63, 3.8) is 0 Å². The molecule has 0 radical (unpaired) electrons. The van der Waals surface area contributed by atoms with Crippen molar-refractivity contribution in [1.29, 1.82) is 0 Å². The molecular formula is C24H21N5O2S2. The predicted molar refractivity (Wildman–Crippen MR) is 134 cm³/mol. The first-order valence-corrected chi connectivity index (χ1v) is 12.0. The topological polar surface area (TPSA) is 88.9 Å². The molecule has 4 rings (SSSR count). The van der Waals surface area contributed by atoms with Crippen molar-refractivity contribution < 1.29 is 9.59 Å². The first-order chi connectivity index (χ1) is 16.1. The minimum absolute atomic E-state index is 0.156. The number of nitrogens with one attached hydrogen (secondary N) is 2. The summed E-state index contributed by atoms with van der Waals surface area (Å²) in [7, 11) is 0. The van der Waals surface area contributed by atoms with Crippen molar-refractivity contribution in [1.82, 2.24) is 14.8 Å². The second-order valence-corrected chi connectivity index (χ2v) is 8.81. The summed E-state index contributed by atoms with van der Waals surface area (Å²) < 4.78 is 1.94. The van der Waals surface area contributed by atoms with Gasteiger partial charge < -0.3 is 10.6 Å². The molecule has 2 aromatic heterocycles. The summed E-state index contributed by atoms with van der Waals surface area (Å²) in [4.78, 5) is 25.2. The zero-order valence-electron chi connectivity index (χ0n) is 17.6. The van der Waals surface area contributed by atoms with Crippen LogP contribution >= 0.6 is 23.1 Å². The predicted octanol–water partition coefficient (Wildman–Crippen LogP) is 5.18. The van der Waals surface area contributed by atoms with Crippen LogP contribution in [-0.2, 0) is 11.3 Å². The minimum atomic E-state index is -0.162. The van der Waals surface area contributed by atoms with Gasteiger partial charge in [0.1, 0.15) is 0 Å². The average molecular weight is 476 g/mol. The van der Waals surface area contributed by atoms with E-state index in [9.17, 15) is 9.59 Å². The van der Waals surface area contributed by atoms with E-state index < -0.39 is 0 Å². The van der Waals surface area contributed by atoms with Crippen LogP contribution in [0.2, 0.25) is 0 Å². The molecule has 0 bridgehead atoms. The van der Waals surface area contributed by atoms with E-state index in [1.165, 1.54) is 23.1 Å². The van der Waals surface area contributed by atoms with Crippen LogP contribution in [0.1, 0.15) is 9.67 Å². The van der Waals surface area contributed by atoms with Crippen LogP contribution in [0.3, 0.4) is 0 Å². The van der Waals surface area contributed by atoms with E-state index in [2.05, 4.69) is 27.4 Å². The second kappa shape index (κ2) is 10.8. The number of hydrogen-bond acceptors (Lipinski definition) is 6. The van der Waals surface area contributed by atoms with Gasteiger partial charge in [0.25, 0.3) is 5.91 Å². The highest BCUT2D eigenvalue weighted by Crippen LogP contribution is 2.24. The number of thiophene rings is 1. The lowest BCUT2D eigenvalue weighted by atomic mass is 10.2. The van der Waals surface area contributed by atoms with Crippen LogP contribution in [0.4, 0.5) is 11.4 Å². The molecule has 2 N–H and O–H groups in total. The summed E-state index contributed by atoms with van der Waals surface area (Å²) in [6, 6.07) is 20.4. The fraction of sp³-hybridized carbons (Fsp3) is 0.0833. The lowest BCUT2D eigenvalue weighted by Crippen LogP contribution is -2.15. The maximum atomic E-state index is 12.5. The Hall–Kier alpha value is -3.69. The summed E-state index contributed by atoms with van der Waals surface area (Å²) in [5, 5.41) is 16.8. The van der Waals surface area contributed by atoms with E-state index >= 15 is 0 Å². The van der Waals surface area contributed by atoms with Crippen molar-refractivity contribution in [2.24, 2.45) is 0 Å². The van der Waals surface area contributed by atoms with Gasteiger partial charge in [0.2, 0.25) is 5.91 Å². The van der Waals surface area contributed by atoms with E-state index in [1.54, 1.807) is 36.4 Å². The van der Waals surface area contributed by atoms with Crippen molar-refractivity contribution in [2.45, 2.75) is 11.7 Å². The van der Waals surface area contributed by atoms with Gasteiger partial charge in [-0.2, -0.15) is 0 Å². The zero-order valence-corrected chi connectivity index (χ0v) is 19.2. The summed E-state index contributed by atoms with van der Waals surface area (Å²) in [5.41, 5.74) is 2.26. The van der Waals surface area contributed by atoms with Gasteiger partial charge in [-0.3, -0.25) is 14.2 Å². The molecule has 0 aliphatic carbocycles. The molecule has 0 fully saturated rings. The number of allylic oxidation sites excluding steroid dienone is 1. The van der Waals surface area contributed by atoms with E-state index in [0.29, 0.717) is 28.0 Å². The molecule has 0 aliphatic rings. The van der Waals surface area contributed by atoms with Crippen LogP contribution in [0.15, 0.2) is 89.9 Å². The quantitative estimate of drug-likeness (QED) is 0.257. The Kier molecular flexibility index (Phi) is 7.33. The number of nitrogens with zero attached hydrogens (tertiary/aromatic N) is 3. The SMILES string of the molecule is C=CCn1c(SCC(=O)Nc2ccc(NC(=O)c3cccs3)cc2)nnc1-c1ccccc1. The number of thioether (sulfide) groups is 1. The van der Waals surface area contributed by atoms with E-state index in [0.717, 1.165) is 11.4 Å². The fourth-order valence-corrected chi connectivity index (χ4v) is 4.42. The number of carbonyl (C=O) groups is 2. The number of amides is 2. The molecule has 9 heteroatoms. The van der Waals surface area contributed by atoms with Gasteiger partial charge >= 0.3 is 0 Å². The molecule has 33 heavy (non-hydrogen) atoms. The maximum absolute atomic E-state index is 12.5. The van der Waals surface area contributed by atoms with Gasteiger partial charge in [-0.1, -0.05) is 54.2 Å². The first-order valence-electron chi connectivity index (χ1n) is 10.1. The Labute approximate surface area is 199 Å². The molecule has 2 heterocycles. The maximum Gasteiger partial charge on any atom is 0.265 e. The van der Waals surface area contributed by atoms with E-state index in [-0.39, 0.29) is 17.6 Å². The molecule has 4 aromatic rings. The Balaban J connectivity index is 1.34. The van der Waals surface area contributed by atoms with E-state index in [1.807, 2.05) is 46.3 Å². The van der Waals surface area contributed by atoms with Crippen molar-refractivity contribution >= 4 is 46.3 Å². The van der Waals surface area contributed by atoms with Gasteiger partial charge in [-0.05, 0) is 35.7 Å². The summed E-state index contributed by atoms with van der Waals surface area (Å²) >= 11 is 2.70. The lowest BCUT2D eigenvalue weighted by Gasteiger charge is -2.09. The number of carbonyl (C=O) groups excluding carboxylic acids is 2. The van der Waals surface area contributed by atoms with Crippen LogP contribution < -0.4 is 10.6 Å². The van der Waals surface area contributed by atoms with Gasteiger partial charge in [0.15, 0.2) is 11.0 Å². The molecule has 2 aromatic carbocycles. The van der Waals surface area contributed by atoms with Crippen LogP contribution in [0.25, 0.3) is 11.4 Å². The van der Waals surface area contributed by atoms with Gasteiger partial charge in [0, 0.05) is 23.5 Å². The highest BCUT2D eigenvalue weighted by atomic mass is 32.2. The third-order valence-corrected chi connectivity index (χ3v) is 6.40. The lowest BCUT2D eigenvalue weighted by molar-refractivity contribution is -0.113. The molecule has 166 valence electrons. The normalized spacial score (nSPS) is 10.5. The zero-order chi connectivity index (χ0) is 23.0. The fourth-order valence-electron chi connectivity index (χ4n) is 3.05. The molecule has 0 unspecified atom stereocenters. The smallest absolute Gasteiger partial charge is 0.265 e. The first kappa shape index (κ1) is 22.5. The third-order valence-electron chi connectivity index (χ3n) is 4.56. The average Bonchev–Trinajstić information content (AvgIpc) is 3.51. The molecule has 0 saturated carbocycles. The van der Waals surface area contributed by atoms with Crippen molar-refractivity contribution in [3.05, 3.63) is 89.6 Å². The molecule has 0 aliphatic heterocycles. The number of hydrogen-bond donors (Lipinski definition) is 2. The largest absolute Gasteiger partial charge is 0.325 e. The minimum Gasteiger partial charge on any atom is -0.325 e. The van der Waals surface area contributed by atoms with E-state index in [4.69, 9.17) is 0 Å². The van der Waals surface area contributed by atoms with Gasteiger partial charge in [-0.15, -0.1) is 28.1 Å². The molecule has 0 atom stereocenters. The highest BCUT2D eigenvalue weighted by Gasteiger charge is 2.15. The van der Waals surface area contributed by atoms with Gasteiger partial charge in [0.05, 0.1) is 10.6 Å². The Morgan fingerprint density at radius 1 is 0.970 bits per heavy atom. The van der Waals surface area contributed by atoms with Crippen molar-refractivity contribution in [2.75, 3.05) is 16.4 Å². The van der Waals surface area contributed by atoms with Crippen LogP contribution in [0, 0.1) is 0 Å². The Bertz CT molecular complexity index is 1240. The second-order valence-electron chi connectivity index (χ2n) is 6.92. The number of anilines is 2. The number of aromatic nitrogens is 3. The third kappa shape index (κ3) is 5.76. The van der Waals surface area contributed by atoms with Crippen molar-refractivity contribution in [3.8, 4) is 11.4 Å². The Morgan fingerprint density at radius 2 is 1.70 bits per heavy atom. The summed E-state index contributed by atoms with van der Waals surface area (Å²) in [5.74, 6) is 0.598. The molecule has 7 nitrogen and oxygen atoms in total. The number of rotatable bonds is 9. The molecule has 0 saturated heterocycles. The Morgan fingerprint density at radius 3 is 2.36 bits per heavy atom.